The number of rotatable bonds is 5. The minimum Gasteiger partial charge on any atom is -0.497 e. The Morgan fingerprint density at radius 2 is 2.12 bits per heavy atom. The van der Waals surface area contributed by atoms with E-state index in [1.165, 1.54) is 5.56 Å². The minimum atomic E-state index is -0.457. The van der Waals surface area contributed by atoms with Crippen LogP contribution in [0.3, 0.4) is 0 Å². The highest BCUT2D eigenvalue weighted by Crippen LogP contribution is 2.24. The third kappa shape index (κ3) is 3.45. The number of carbonyl (C=O) groups excluding carboxylic acids is 1. The number of hydrogen-bond acceptors (Lipinski definition) is 3. The summed E-state index contributed by atoms with van der Waals surface area (Å²) < 4.78 is 5.14. The molecule has 5 nitrogen and oxygen atoms in total. The quantitative estimate of drug-likeness (QED) is 0.535. The molecule has 26 heavy (non-hydrogen) atoms. The number of carbonyl (C=O) groups is 1. The number of methoxy groups -OCH3 is 1. The zero-order valence-electron chi connectivity index (χ0n) is 14.7. The standard InChI is InChI=1S/C21H19N3O2/c1-3-14-6-4-9-19-16(13-23-20(14)19)10-15(12-22)21(25)24-17-7-5-8-18(11-17)26-2/h4-11,13,23H,3H2,1-2H3,(H,24,25)/b15-10+. The van der Waals surface area contributed by atoms with Gasteiger partial charge in [0.25, 0.3) is 5.91 Å². The van der Waals surface area contributed by atoms with Gasteiger partial charge in [-0.05, 0) is 30.2 Å². The Hall–Kier alpha value is -3.52. The van der Waals surface area contributed by atoms with Crippen LogP contribution in [0.1, 0.15) is 18.1 Å². The van der Waals surface area contributed by atoms with Crippen LogP contribution in [0.15, 0.2) is 54.2 Å². The monoisotopic (exact) mass is 345 g/mol. The second kappa shape index (κ2) is 7.58. The lowest BCUT2D eigenvalue weighted by molar-refractivity contribution is -0.112. The lowest BCUT2D eigenvalue weighted by Gasteiger charge is -2.06. The van der Waals surface area contributed by atoms with E-state index in [1.807, 2.05) is 24.4 Å². The molecule has 3 aromatic rings. The number of benzene rings is 2. The number of para-hydroxylation sites is 1. The van der Waals surface area contributed by atoms with E-state index in [0.717, 1.165) is 22.9 Å². The molecular weight excluding hydrogens is 326 g/mol. The maximum Gasteiger partial charge on any atom is 0.266 e. The van der Waals surface area contributed by atoms with Gasteiger partial charge in [0.2, 0.25) is 0 Å². The summed E-state index contributed by atoms with van der Waals surface area (Å²) in [6.07, 6.45) is 4.33. The first-order valence-corrected chi connectivity index (χ1v) is 8.32. The van der Waals surface area contributed by atoms with Crippen molar-refractivity contribution < 1.29 is 9.53 Å². The first kappa shape index (κ1) is 17.3. The molecule has 2 aromatic carbocycles. The van der Waals surface area contributed by atoms with Crippen molar-refractivity contribution >= 4 is 28.6 Å². The Labute approximate surface area is 151 Å². The number of anilines is 1. The van der Waals surface area contributed by atoms with Crippen molar-refractivity contribution in [1.82, 2.24) is 4.98 Å². The highest BCUT2D eigenvalue weighted by Gasteiger charge is 2.12. The molecule has 130 valence electrons. The molecule has 0 atom stereocenters. The number of amides is 1. The average molecular weight is 345 g/mol. The van der Waals surface area contributed by atoms with Crippen LogP contribution in [0.4, 0.5) is 5.69 Å². The van der Waals surface area contributed by atoms with Crippen LogP contribution in [0.2, 0.25) is 0 Å². The zero-order valence-corrected chi connectivity index (χ0v) is 14.7. The molecule has 1 aromatic heterocycles. The Morgan fingerprint density at radius 1 is 1.31 bits per heavy atom. The van der Waals surface area contributed by atoms with Crippen LogP contribution in [0, 0.1) is 11.3 Å². The van der Waals surface area contributed by atoms with Gasteiger partial charge in [-0.3, -0.25) is 4.79 Å². The molecule has 2 N–H and O–H groups in total. The lowest BCUT2D eigenvalue weighted by Crippen LogP contribution is -2.13. The SMILES string of the molecule is CCc1cccc2c(/C=C(\C#N)C(=O)Nc3cccc(OC)c3)c[nH]c12. The average Bonchev–Trinajstić information content (AvgIpc) is 3.09. The fourth-order valence-electron chi connectivity index (χ4n) is 2.86. The maximum atomic E-state index is 12.5. The van der Waals surface area contributed by atoms with Gasteiger partial charge in [-0.1, -0.05) is 31.2 Å². The number of aryl methyl sites for hydroxylation is 1. The molecule has 0 unspecified atom stereocenters. The van der Waals surface area contributed by atoms with Crippen molar-refractivity contribution in [3.8, 4) is 11.8 Å². The summed E-state index contributed by atoms with van der Waals surface area (Å²) in [6.45, 7) is 2.09. The summed E-state index contributed by atoms with van der Waals surface area (Å²) in [6, 6.07) is 15.0. The van der Waals surface area contributed by atoms with Gasteiger partial charge >= 0.3 is 0 Å². The summed E-state index contributed by atoms with van der Waals surface area (Å²) in [5.74, 6) is 0.177. The van der Waals surface area contributed by atoms with Gasteiger partial charge in [0.15, 0.2) is 0 Å². The van der Waals surface area contributed by atoms with Crippen molar-refractivity contribution in [1.29, 1.82) is 5.26 Å². The maximum absolute atomic E-state index is 12.5. The van der Waals surface area contributed by atoms with Crippen LogP contribution < -0.4 is 10.1 Å². The highest BCUT2D eigenvalue weighted by atomic mass is 16.5. The van der Waals surface area contributed by atoms with Gasteiger partial charge in [-0.2, -0.15) is 5.26 Å². The number of hydrogen-bond donors (Lipinski definition) is 2. The summed E-state index contributed by atoms with van der Waals surface area (Å²) in [5, 5.41) is 13.2. The number of aromatic nitrogens is 1. The zero-order chi connectivity index (χ0) is 18.5. The predicted octanol–water partition coefficient (Wildman–Crippen LogP) is 4.28. The van der Waals surface area contributed by atoms with E-state index in [9.17, 15) is 10.1 Å². The van der Waals surface area contributed by atoms with E-state index in [1.54, 1.807) is 37.5 Å². The van der Waals surface area contributed by atoms with Crippen LogP contribution in [0.5, 0.6) is 5.75 Å². The number of nitrogens with zero attached hydrogens (tertiary/aromatic N) is 1. The molecule has 5 heteroatoms. The summed E-state index contributed by atoms with van der Waals surface area (Å²) in [4.78, 5) is 15.7. The summed E-state index contributed by atoms with van der Waals surface area (Å²) >= 11 is 0. The largest absolute Gasteiger partial charge is 0.497 e. The molecule has 0 aliphatic carbocycles. The molecule has 0 saturated carbocycles. The van der Waals surface area contributed by atoms with Crippen molar-refractivity contribution in [2.24, 2.45) is 0 Å². The van der Waals surface area contributed by atoms with E-state index in [0.29, 0.717) is 11.4 Å². The first-order chi connectivity index (χ1) is 12.7. The highest BCUT2D eigenvalue weighted by molar-refractivity contribution is 6.10. The van der Waals surface area contributed by atoms with Crippen LogP contribution in [0.25, 0.3) is 17.0 Å². The number of H-pyrrole nitrogens is 1. The van der Waals surface area contributed by atoms with Gasteiger partial charge in [0.1, 0.15) is 17.4 Å². The van der Waals surface area contributed by atoms with Gasteiger partial charge in [-0.15, -0.1) is 0 Å². The molecule has 0 bridgehead atoms. The first-order valence-electron chi connectivity index (χ1n) is 8.32. The molecule has 0 aliphatic heterocycles. The van der Waals surface area contributed by atoms with Crippen LogP contribution >= 0.6 is 0 Å². The number of aromatic amines is 1. The Balaban J connectivity index is 1.91. The molecular formula is C21H19N3O2. The number of fused-ring (bicyclic) bond motifs is 1. The second-order valence-electron chi connectivity index (χ2n) is 5.79. The fraction of sp³-hybridized carbons (Fsp3) is 0.143. The second-order valence-corrected chi connectivity index (χ2v) is 5.79. The normalized spacial score (nSPS) is 11.2. The van der Waals surface area contributed by atoms with Crippen LogP contribution in [-0.2, 0) is 11.2 Å². The van der Waals surface area contributed by atoms with E-state index in [4.69, 9.17) is 4.74 Å². The smallest absolute Gasteiger partial charge is 0.266 e. The number of ether oxygens (including phenoxy) is 1. The Kier molecular flexibility index (Phi) is 5.04. The van der Waals surface area contributed by atoms with E-state index >= 15 is 0 Å². The van der Waals surface area contributed by atoms with Crippen LogP contribution in [-0.4, -0.2) is 18.0 Å². The third-order valence-corrected chi connectivity index (χ3v) is 4.21. The fourth-order valence-corrected chi connectivity index (χ4v) is 2.86. The summed E-state index contributed by atoms with van der Waals surface area (Å²) in [7, 11) is 1.56. The van der Waals surface area contributed by atoms with Gasteiger partial charge < -0.3 is 15.0 Å². The summed E-state index contributed by atoms with van der Waals surface area (Å²) in [5.41, 5.74) is 3.65. The Bertz CT molecular complexity index is 1030. The molecule has 0 fully saturated rings. The van der Waals surface area contributed by atoms with Gasteiger partial charge in [0, 0.05) is 34.4 Å². The molecule has 1 heterocycles. The third-order valence-electron chi connectivity index (χ3n) is 4.21. The van der Waals surface area contributed by atoms with E-state index in [2.05, 4.69) is 23.3 Å². The molecule has 0 aliphatic rings. The molecule has 3 rings (SSSR count). The van der Waals surface area contributed by atoms with Crippen molar-refractivity contribution in [2.75, 3.05) is 12.4 Å². The van der Waals surface area contributed by atoms with Crippen molar-refractivity contribution in [2.45, 2.75) is 13.3 Å². The number of nitrogens with one attached hydrogen (secondary N) is 2. The Morgan fingerprint density at radius 3 is 2.85 bits per heavy atom. The van der Waals surface area contributed by atoms with Crippen molar-refractivity contribution in [3.05, 3.63) is 65.4 Å². The van der Waals surface area contributed by atoms with Gasteiger partial charge in [-0.25, -0.2) is 0 Å². The lowest BCUT2D eigenvalue weighted by atomic mass is 10.1. The molecule has 1 amide bonds. The molecule has 0 saturated heterocycles. The van der Waals surface area contributed by atoms with E-state index < -0.39 is 5.91 Å². The molecule has 0 radical (unpaired) electrons. The number of nitriles is 1. The topological polar surface area (TPSA) is 77.9 Å². The van der Waals surface area contributed by atoms with E-state index in [-0.39, 0.29) is 5.57 Å². The minimum absolute atomic E-state index is 0.0376. The predicted molar refractivity (Wildman–Crippen MR) is 103 cm³/mol. The molecule has 0 spiro atoms. The van der Waals surface area contributed by atoms with Crippen molar-refractivity contribution in [3.63, 3.8) is 0 Å². The van der Waals surface area contributed by atoms with Gasteiger partial charge in [0.05, 0.1) is 7.11 Å².